The molecule has 6 saturated carbocycles. The second-order valence-electron chi connectivity index (χ2n) is 43.2. The van der Waals surface area contributed by atoms with Crippen molar-refractivity contribution >= 4 is 50.9 Å². The van der Waals surface area contributed by atoms with Gasteiger partial charge in [-0.2, -0.15) is 0 Å². The van der Waals surface area contributed by atoms with Crippen LogP contribution < -0.4 is 0 Å². The average Bonchev–Trinajstić information content (AvgIpc) is 1.49. The zero-order valence-corrected chi connectivity index (χ0v) is 75.3. The molecule has 15 aliphatic rings. The van der Waals surface area contributed by atoms with Crippen LogP contribution in [0.3, 0.4) is 0 Å². The number of aromatic nitrogens is 6. The third-order valence-corrected chi connectivity index (χ3v) is 35.1. The van der Waals surface area contributed by atoms with E-state index in [9.17, 15) is 24.6 Å². The number of para-hydroxylation sites is 6. The Morgan fingerprint density at radius 2 is 0.631 bits per heavy atom. The van der Waals surface area contributed by atoms with Crippen LogP contribution in [0.4, 0.5) is 0 Å². The van der Waals surface area contributed by atoms with Gasteiger partial charge in [0, 0.05) is 131 Å². The first-order valence-electron chi connectivity index (χ1n) is 51.4. The highest BCUT2D eigenvalue weighted by Gasteiger charge is 2.50. The van der Waals surface area contributed by atoms with E-state index in [0.29, 0.717) is 49.0 Å². The molecule has 122 heavy (non-hydrogen) atoms. The number of nitrogens with zero attached hydrogens (tertiary/aromatic N) is 13. The molecule has 0 spiro atoms. The molecule has 666 valence electrons. The third kappa shape index (κ3) is 19.6. The minimum absolute atomic E-state index is 0.164. The number of likely N-dealkylation sites (tertiary alicyclic amines) is 3. The summed E-state index contributed by atoms with van der Waals surface area (Å²) in [6.45, 7) is 13.1. The van der Waals surface area contributed by atoms with Crippen molar-refractivity contribution in [3.8, 4) is 0 Å². The fraction of sp³-hybridized carbons (Fsp3) is 0.769. The van der Waals surface area contributed by atoms with Crippen LogP contribution in [0.5, 0.6) is 0 Å². The first-order valence-corrected chi connectivity index (χ1v) is 51.4. The van der Waals surface area contributed by atoms with Gasteiger partial charge in [-0.05, 0) is 297 Å². The van der Waals surface area contributed by atoms with Crippen LogP contribution in [-0.4, -0.2) is 217 Å². The fourth-order valence-electron chi connectivity index (χ4n) is 30.4. The zero-order chi connectivity index (χ0) is 82.7. The summed E-state index contributed by atoms with van der Waals surface area (Å²) >= 11 is 0. The minimum Gasteiger partial charge on any atom is -0.481 e. The summed E-state index contributed by atoms with van der Waals surface area (Å²) in [5.74, 6) is 10.3. The number of hydrogen-bond donors (Lipinski definition) is 2. The van der Waals surface area contributed by atoms with Crippen molar-refractivity contribution in [3.63, 3.8) is 0 Å². The van der Waals surface area contributed by atoms with Gasteiger partial charge >= 0.3 is 11.9 Å². The van der Waals surface area contributed by atoms with E-state index in [2.05, 4.69) is 130 Å². The number of piperidine rings is 9. The molecule has 0 radical (unpaired) electrons. The van der Waals surface area contributed by atoms with E-state index in [-0.39, 0.29) is 18.9 Å². The number of rotatable bonds is 21. The number of carboxylic acid groups (broad SMARTS) is 2. The van der Waals surface area contributed by atoms with Crippen molar-refractivity contribution in [2.75, 3.05) is 72.0 Å². The molecule has 9 aliphatic heterocycles. The number of amides is 1. The van der Waals surface area contributed by atoms with E-state index in [1.54, 1.807) is 0 Å². The molecule has 15 fully saturated rings. The topological polar surface area (TPSA) is 168 Å². The summed E-state index contributed by atoms with van der Waals surface area (Å²) in [5.41, 5.74) is 7.45. The molecular formula is C104H155N13O5. The molecule has 6 aliphatic carbocycles. The summed E-state index contributed by atoms with van der Waals surface area (Å²) < 4.78 is 8.07. The van der Waals surface area contributed by atoms with Crippen LogP contribution in [0.25, 0.3) is 33.1 Å². The predicted octanol–water partition coefficient (Wildman–Crippen LogP) is 20.1. The molecular weight excluding hydrogens is 1510 g/mol. The molecule has 12 heterocycles. The van der Waals surface area contributed by atoms with Crippen molar-refractivity contribution in [1.29, 1.82) is 0 Å². The van der Waals surface area contributed by atoms with Crippen molar-refractivity contribution in [2.24, 2.45) is 53.3 Å². The van der Waals surface area contributed by atoms with Gasteiger partial charge < -0.3 is 33.7 Å². The number of hydrogen-bond acceptors (Lipinski definition) is 12. The number of fused-ring (bicyclic) bond motifs is 15. The molecule has 3 aromatic carbocycles. The van der Waals surface area contributed by atoms with E-state index < -0.39 is 11.9 Å². The molecule has 21 rings (SSSR count). The van der Waals surface area contributed by atoms with Gasteiger partial charge in [-0.1, -0.05) is 133 Å². The van der Waals surface area contributed by atoms with Crippen LogP contribution in [0.2, 0.25) is 0 Å². The van der Waals surface area contributed by atoms with Gasteiger partial charge in [0.05, 0.1) is 52.6 Å². The van der Waals surface area contributed by atoms with Crippen molar-refractivity contribution < 1.29 is 24.6 Å². The van der Waals surface area contributed by atoms with Crippen molar-refractivity contribution in [2.45, 2.75) is 382 Å². The summed E-state index contributed by atoms with van der Waals surface area (Å²) in [6, 6.07) is 35.1. The smallest absolute Gasteiger partial charge is 0.317 e. The zero-order valence-electron chi connectivity index (χ0n) is 75.3. The lowest BCUT2D eigenvalue weighted by Gasteiger charge is -2.54. The quantitative estimate of drug-likeness (QED) is 0.0698. The van der Waals surface area contributed by atoms with Crippen LogP contribution in [0.15, 0.2) is 72.8 Å². The van der Waals surface area contributed by atoms with Gasteiger partial charge in [-0.3, -0.25) is 38.9 Å². The van der Waals surface area contributed by atoms with Crippen molar-refractivity contribution in [1.82, 2.24) is 63.0 Å². The SMILES string of the molecule is CCN(CC)C(=O)CN1CCC[C@@H](Cc2nc3ccccc3n2C2C[C@H]3CCC[C@@H](C2)N3C2C[C@H]3CCCC[C@@H](C2)C3)C1.O=C(O)CCN1CCC[C@@H](Cc2nc3ccccc3n2C2C[C@H]3CCC[C@@H](C2)N3C2C[C@H]3CCCC[C@@H](C2)C3)C1.O=C(O)CN1CCC[C@@H](Cc2nc3ccccc3n2C2C[C@H]3CCC[C@@H](C2)N3C2C[C@H]3CCCC[C@@H](C2)C3)C1. The summed E-state index contributed by atoms with van der Waals surface area (Å²) in [6.07, 6.45) is 61.6. The highest BCUT2D eigenvalue weighted by atomic mass is 16.4. The Kier molecular flexibility index (Phi) is 27.7. The summed E-state index contributed by atoms with van der Waals surface area (Å²) in [7, 11) is 0. The van der Waals surface area contributed by atoms with Gasteiger partial charge in [-0.15, -0.1) is 0 Å². The second kappa shape index (κ2) is 39.5. The number of benzene rings is 3. The van der Waals surface area contributed by atoms with Gasteiger partial charge in [-0.25, -0.2) is 15.0 Å². The van der Waals surface area contributed by atoms with E-state index in [0.717, 1.165) is 185 Å². The first kappa shape index (κ1) is 85.7. The lowest BCUT2D eigenvalue weighted by atomic mass is 9.73. The van der Waals surface area contributed by atoms with Gasteiger partial charge in [0.2, 0.25) is 5.91 Å². The second-order valence-corrected chi connectivity index (χ2v) is 43.2. The van der Waals surface area contributed by atoms with E-state index in [1.165, 1.54) is 296 Å². The Morgan fingerprint density at radius 3 is 0.943 bits per heavy atom. The Labute approximate surface area is 731 Å². The third-order valence-electron chi connectivity index (χ3n) is 35.1. The Bertz CT molecular complexity index is 4370. The van der Waals surface area contributed by atoms with Crippen LogP contribution in [0.1, 0.15) is 326 Å². The standard InChI is InChI=1S/C37H57N5O.C34H50N4O2.C33H48N4O2/c1-3-40(4-2)37(43)26-39-18-10-13-29(25-39)22-36-38-34-16-7-8-17-35(34)42(36)33-23-30-14-9-15-31(24-33)41(30)32-20-27-11-5-6-12-28(19-27)21-32;39-34(40)14-16-36-15-6-9-26(23-36)20-33-35-31-12-3-4-13-32(31)38(33)30-21-27-10-5-11-28(22-30)37(27)29-18-24-7-1-2-8-25(17-24)19-29;38-33(39)22-35-14-6-9-25(21-35)18-32-34-30-12-3-4-13-31(30)37(32)29-19-26-10-5-11-27(20-29)36(26)28-16-23-7-1-2-8-24(15-23)17-28/h7-8,16-17,27-33H,3-6,9-15,18-26H2,1-2H3;3-4,12-13,24-30H,1-2,5-11,14-23H2,(H,39,40);3-4,12-13,23-29H,1-2,5-11,14-22H2,(H,38,39)/t27-,28+,29-,30-,31+,32?,33?;24-,25+,26-,27-,28+,29?,30?;23-,24+,25-,26-,27+,28?,29?/m000/s1. The van der Waals surface area contributed by atoms with E-state index in [4.69, 9.17) is 15.0 Å². The fourth-order valence-corrected chi connectivity index (χ4v) is 30.4. The highest BCUT2D eigenvalue weighted by molar-refractivity contribution is 5.79. The molecule has 21 atom stereocenters. The summed E-state index contributed by atoms with van der Waals surface area (Å²) in [4.78, 5) is 69.4. The number of carbonyl (C=O) groups excluding carboxylic acids is 1. The highest BCUT2D eigenvalue weighted by Crippen LogP contribution is 2.53. The predicted molar refractivity (Wildman–Crippen MR) is 489 cm³/mol. The monoisotopic (exact) mass is 1670 g/mol. The Hall–Kier alpha value is -5.76. The number of imidazole rings is 3. The van der Waals surface area contributed by atoms with Crippen LogP contribution in [0, 0.1) is 53.3 Å². The largest absolute Gasteiger partial charge is 0.481 e. The molecule has 3 aromatic heterocycles. The Morgan fingerprint density at radius 1 is 0.328 bits per heavy atom. The molecule has 6 aromatic rings. The van der Waals surface area contributed by atoms with Crippen LogP contribution >= 0.6 is 0 Å². The number of aliphatic carboxylic acids is 2. The minimum atomic E-state index is -0.710. The number of likely N-dealkylation sites (N-methyl/N-ethyl adjacent to an activating group) is 1. The molecule has 2 N–H and O–H groups in total. The summed E-state index contributed by atoms with van der Waals surface area (Å²) in [5, 5.41) is 18.5. The molecule has 9 saturated heterocycles. The normalized spacial score (nSPS) is 35.0. The van der Waals surface area contributed by atoms with Crippen molar-refractivity contribution in [3.05, 3.63) is 90.3 Å². The number of carbonyl (C=O) groups is 3. The van der Waals surface area contributed by atoms with Crippen LogP contribution in [-0.2, 0) is 33.6 Å². The maximum Gasteiger partial charge on any atom is 0.317 e. The van der Waals surface area contributed by atoms with E-state index in [1.807, 2.05) is 4.90 Å². The van der Waals surface area contributed by atoms with E-state index >= 15 is 0 Å². The lowest BCUT2D eigenvalue weighted by Crippen LogP contribution is -2.58. The van der Waals surface area contributed by atoms with Gasteiger partial charge in [0.1, 0.15) is 17.5 Å². The number of carboxylic acids is 2. The maximum atomic E-state index is 12.9. The molecule has 18 heteroatoms. The molecule has 12 bridgehead atoms. The lowest BCUT2D eigenvalue weighted by molar-refractivity contribution is -0.139. The van der Waals surface area contributed by atoms with Gasteiger partial charge in [0.15, 0.2) is 0 Å². The molecule has 1 amide bonds. The molecule has 18 nitrogen and oxygen atoms in total. The first-order chi connectivity index (χ1) is 59.8. The Balaban J connectivity index is 0.000000121. The van der Waals surface area contributed by atoms with Gasteiger partial charge in [0.25, 0.3) is 0 Å². The maximum absolute atomic E-state index is 12.9. The average molecular weight is 1670 g/mol. The molecule has 6 unspecified atom stereocenters.